The molecule has 29 heavy (non-hydrogen) atoms. The van der Waals surface area contributed by atoms with Gasteiger partial charge in [0.25, 0.3) is 5.91 Å². The van der Waals surface area contributed by atoms with Crippen LogP contribution in [0, 0.1) is 0 Å². The van der Waals surface area contributed by atoms with Crippen molar-refractivity contribution < 1.29 is 19.1 Å². The van der Waals surface area contributed by atoms with Gasteiger partial charge in [0.1, 0.15) is 5.75 Å². The molecule has 2 N–H and O–H groups in total. The first-order valence-electron chi connectivity index (χ1n) is 9.16. The van der Waals surface area contributed by atoms with Crippen LogP contribution in [0.4, 0.5) is 5.69 Å². The number of halogens is 1. The molecule has 0 spiro atoms. The minimum Gasteiger partial charge on any atom is -0.490 e. The number of ether oxygens (including phenoxy) is 2. The van der Waals surface area contributed by atoms with Gasteiger partial charge in [0.15, 0.2) is 5.11 Å². The number of nitrogens with one attached hydrogen (secondary N) is 2. The Hall–Kier alpha value is -2.45. The van der Waals surface area contributed by atoms with E-state index < -0.39 is 0 Å². The molecule has 0 bridgehead atoms. The summed E-state index contributed by atoms with van der Waals surface area (Å²) in [5, 5.41) is 5.69. The first-order chi connectivity index (χ1) is 13.8. The Morgan fingerprint density at radius 2 is 1.83 bits per heavy atom. The Morgan fingerprint density at radius 3 is 2.45 bits per heavy atom. The van der Waals surface area contributed by atoms with Gasteiger partial charge in [0, 0.05) is 10.2 Å². The highest BCUT2D eigenvalue weighted by atomic mass is 79.9. The summed E-state index contributed by atoms with van der Waals surface area (Å²) >= 11 is 8.59. The number of hydrogen-bond donors (Lipinski definition) is 2. The molecule has 6 nitrogen and oxygen atoms in total. The minimum atomic E-state index is -0.390. The molecule has 8 heteroatoms. The van der Waals surface area contributed by atoms with Crippen molar-refractivity contribution in [2.24, 2.45) is 0 Å². The van der Waals surface area contributed by atoms with Gasteiger partial charge in [-0.15, -0.1) is 0 Å². The Morgan fingerprint density at radius 1 is 1.14 bits per heavy atom. The number of carbonyl (C=O) groups is 2. The molecular formula is C21H23BrN2O4S. The van der Waals surface area contributed by atoms with Crippen molar-refractivity contribution in [3.63, 3.8) is 0 Å². The highest BCUT2D eigenvalue weighted by Crippen LogP contribution is 2.24. The van der Waals surface area contributed by atoms with Gasteiger partial charge < -0.3 is 14.8 Å². The molecule has 2 rings (SSSR count). The second kappa shape index (κ2) is 10.9. The number of esters is 1. The third-order valence-electron chi connectivity index (χ3n) is 3.59. The molecule has 0 saturated carbocycles. The molecule has 0 aliphatic rings. The van der Waals surface area contributed by atoms with Crippen molar-refractivity contribution in [2.75, 3.05) is 11.9 Å². The normalized spacial score (nSPS) is 10.4. The van der Waals surface area contributed by atoms with Crippen molar-refractivity contribution in [1.82, 2.24) is 5.32 Å². The predicted octanol–water partition coefficient (Wildman–Crippen LogP) is 4.93. The smallest absolute Gasteiger partial charge is 0.338 e. The number of hydrogen-bond acceptors (Lipinski definition) is 5. The minimum absolute atomic E-state index is 0.0738. The molecule has 0 unspecified atom stereocenters. The third-order valence-corrected chi connectivity index (χ3v) is 4.29. The van der Waals surface area contributed by atoms with E-state index in [1.807, 2.05) is 20.8 Å². The molecule has 0 aromatic heterocycles. The molecule has 0 aliphatic heterocycles. The summed E-state index contributed by atoms with van der Waals surface area (Å²) in [5.41, 5.74) is 1.45. The Labute approximate surface area is 184 Å². The zero-order chi connectivity index (χ0) is 21.4. The molecule has 2 aromatic carbocycles. The molecule has 2 aromatic rings. The van der Waals surface area contributed by atoms with E-state index in [1.54, 1.807) is 42.5 Å². The summed E-state index contributed by atoms with van der Waals surface area (Å²) in [6.45, 7) is 6.09. The second-order valence-electron chi connectivity index (χ2n) is 6.43. The van der Waals surface area contributed by atoms with Crippen LogP contribution >= 0.6 is 28.1 Å². The van der Waals surface area contributed by atoms with E-state index in [0.29, 0.717) is 29.2 Å². The van der Waals surface area contributed by atoms with Gasteiger partial charge in [0.05, 0.1) is 23.8 Å². The summed E-state index contributed by atoms with van der Waals surface area (Å²) in [6, 6.07) is 11.8. The van der Waals surface area contributed by atoms with Crippen LogP contribution in [0.15, 0.2) is 46.9 Å². The molecule has 0 fully saturated rings. The molecule has 0 atom stereocenters. The standard InChI is InChI=1S/C21H23BrN2O4S/c1-4-11-27-20(26)14-5-8-16(9-6-14)23-21(29)24-19(25)17-12-15(22)7-10-18(17)28-13(2)3/h5-10,12-13H,4,11H2,1-3H3,(H2,23,24,25,29). The summed E-state index contributed by atoms with van der Waals surface area (Å²) in [6.07, 6.45) is 0.691. The fraction of sp³-hybridized carbons (Fsp3) is 0.286. The van der Waals surface area contributed by atoms with Gasteiger partial charge in [0.2, 0.25) is 0 Å². The fourth-order valence-electron chi connectivity index (χ4n) is 2.34. The molecular weight excluding hydrogens is 456 g/mol. The van der Waals surface area contributed by atoms with Crippen LogP contribution in [0.2, 0.25) is 0 Å². The van der Waals surface area contributed by atoms with Crippen molar-refractivity contribution in [2.45, 2.75) is 33.3 Å². The lowest BCUT2D eigenvalue weighted by atomic mass is 10.2. The number of amides is 1. The summed E-state index contributed by atoms with van der Waals surface area (Å²) in [7, 11) is 0. The molecule has 0 radical (unpaired) electrons. The lowest BCUT2D eigenvalue weighted by molar-refractivity contribution is 0.0505. The van der Waals surface area contributed by atoms with E-state index >= 15 is 0 Å². The first kappa shape index (κ1) is 22.8. The Bertz CT molecular complexity index is 885. The third kappa shape index (κ3) is 7.14. The maximum atomic E-state index is 12.6. The van der Waals surface area contributed by atoms with Crippen LogP contribution in [-0.2, 0) is 4.74 Å². The molecule has 1 amide bonds. The maximum absolute atomic E-state index is 12.6. The van der Waals surface area contributed by atoms with Crippen LogP contribution in [0.3, 0.4) is 0 Å². The van der Waals surface area contributed by atoms with Gasteiger partial charge in [-0.3, -0.25) is 10.1 Å². The van der Waals surface area contributed by atoms with Crippen molar-refractivity contribution in [3.05, 3.63) is 58.1 Å². The van der Waals surface area contributed by atoms with E-state index in [2.05, 4.69) is 26.6 Å². The van der Waals surface area contributed by atoms with E-state index in [0.717, 1.165) is 10.9 Å². The summed E-state index contributed by atoms with van der Waals surface area (Å²) < 4.78 is 11.5. The average molecular weight is 479 g/mol. The van der Waals surface area contributed by atoms with Crippen molar-refractivity contribution in [3.8, 4) is 5.75 Å². The number of anilines is 1. The second-order valence-corrected chi connectivity index (χ2v) is 7.75. The average Bonchev–Trinajstić information content (AvgIpc) is 2.67. The zero-order valence-electron chi connectivity index (χ0n) is 16.5. The summed E-state index contributed by atoms with van der Waals surface area (Å²) in [4.78, 5) is 24.5. The fourth-order valence-corrected chi connectivity index (χ4v) is 2.91. The SMILES string of the molecule is CCCOC(=O)c1ccc(NC(=S)NC(=O)c2cc(Br)ccc2OC(C)C)cc1. The van der Waals surface area contributed by atoms with E-state index in [-0.39, 0.29) is 23.1 Å². The van der Waals surface area contributed by atoms with Crippen LogP contribution < -0.4 is 15.4 Å². The van der Waals surface area contributed by atoms with Gasteiger partial charge in [-0.05, 0) is 75.0 Å². The number of benzene rings is 2. The van der Waals surface area contributed by atoms with Gasteiger partial charge in [-0.2, -0.15) is 0 Å². The van der Waals surface area contributed by atoms with Gasteiger partial charge >= 0.3 is 5.97 Å². The highest BCUT2D eigenvalue weighted by molar-refractivity contribution is 9.10. The van der Waals surface area contributed by atoms with Crippen LogP contribution in [0.1, 0.15) is 47.9 Å². The van der Waals surface area contributed by atoms with Crippen LogP contribution in [0.25, 0.3) is 0 Å². The van der Waals surface area contributed by atoms with Gasteiger partial charge in [-0.1, -0.05) is 22.9 Å². The predicted molar refractivity (Wildman–Crippen MR) is 121 cm³/mol. The molecule has 0 aliphatic carbocycles. The van der Waals surface area contributed by atoms with E-state index in [9.17, 15) is 9.59 Å². The van der Waals surface area contributed by atoms with E-state index in [4.69, 9.17) is 21.7 Å². The van der Waals surface area contributed by atoms with Crippen molar-refractivity contribution >= 4 is 50.8 Å². The zero-order valence-corrected chi connectivity index (χ0v) is 18.9. The lowest BCUT2D eigenvalue weighted by Crippen LogP contribution is -2.34. The maximum Gasteiger partial charge on any atom is 0.338 e. The van der Waals surface area contributed by atoms with E-state index in [1.165, 1.54) is 0 Å². The monoisotopic (exact) mass is 478 g/mol. The number of carbonyl (C=O) groups excluding carboxylic acids is 2. The van der Waals surface area contributed by atoms with Crippen molar-refractivity contribution in [1.29, 1.82) is 0 Å². The molecule has 0 saturated heterocycles. The summed E-state index contributed by atoms with van der Waals surface area (Å²) in [5.74, 6) is -0.292. The Balaban J connectivity index is 2.01. The number of rotatable bonds is 7. The topological polar surface area (TPSA) is 76.7 Å². The highest BCUT2D eigenvalue weighted by Gasteiger charge is 2.16. The van der Waals surface area contributed by atoms with Gasteiger partial charge in [-0.25, -0.2) is 4.79 Å². The quantitative estimate of drug-likeness (QED) is 0.433. The molecule has 0 heterocycles. The lowest BCUT2D eigenvalue weighted by Gasteiger charge is -2.15. The number of thiocarbonyl (C=S) groups is 1. The largest absolute Gasteiger partial charge is 0.490 e. The van der Waals surface area contributed by atoms with Crippen LogP contribution in [0.5, 0.6) is 5.75 Å². The molecule has 154 valence electrons. The van der Waals surface area contributed by atoms with Crippen LogP contribution in [-0.4, -0.2) is 29.7 Å². The Kier molecular flexibility index (Phi) is 8.60. The first-order valence-corrected chi connectivity index (χ1v) is 10.4.